The summed E-state index contributed by atoms with van der Waals surface area (Å²) in [7, 11) is 0. The summed E-state index contributed by atoms with van der Waals surface area (Å²) in [5.41, 5.74) is -1.46. The summed E-state index contributed by atoms with van der Waals surface area (Å²) in [5.74, 6) is 0.294. The van der Waals surface area contributed by atoms with Crippen LogP contribution in [0.25, 0.3) is 0 Å². The predicted octanol–water partition coefficient (Wildman–Crippen LogP) is 1.29. The number of fused-ring (bicyclic) bond motifs is 1. The zero-order chi connectivity index (χ0) is 12.1. The van der Waals surface area contributed by atoms with Crippen LogP contribution in [-0.4, -0.2) is 29.0 Å². The molecule has 2 N–H and O–H groups in total. The Balaban J connectivity index is 2.04. The van der Waals surface area contributed by atoms with Gasteiger partial charge < -0.3 is 14.9 Å². The van der Waals surface area contributed by atoms with Gasteiger partial charge in [0.15, 0.2) is 0 Å². The number of rotatable bonds is 1. The quantitative estimate of drug-likeness (QED) is 0.770. The minimum absolute atomic E-state index is 0.0349. The first-order chi connectivity index (χ1) is 8.06. The van der Waals surface area contributed by atoms with Gasteiger partial charge in [-0.25, -0.2) is 0 Å². The van der Waals surface area contributed by atoms with Gasteiger partial charge in [0.1, 0.15) is 11.2 Å². The molecule has 1 saturated heterocycles. The van der Waals surface area contributed by atoms with Crippen LogP contribution in [0.5, 0.6) is 0 Å². The molecule has 3 rings (SSSR count). The maximum absolute atomic E-state index is 10.9. The van der Waals surface area contributed by atoms with E-state index in [0.717, 1.165) is 5.56 Å². The van der Waals surface area contributed by atoms with Crippen molar-refractivity contribution < 1.29 is 14.9 Å². The summed E-state index contributed by atoms with van der Waals surface area (Å²) < 4.78 is 5.41. The van der Waals surface area contributed by atoms with Gasteiger partial charge in [-0.05, 0) is 24.8 Å². The topological polar surface area (TPSA) is 49.7 Å². The lowest BCUT2D eigenvalue weighted by Gasteiger charge is -2.38. The third-order valence-corrected chi connectivity index (χ3v) is 4.57. The highest BCUT2D eigenvalue weighted by Crippen LogP contribution is 2.54. The van der Waals surface area contributed by atoms with Crippen LogP contribution in [-0.2, 0) is 10.3 Å². The lowest BCUT2D eigenvalue weighted by molar-refractivity contribution is -0.150. The van der Waals surface area contributed by atoms with E-state index < -0.39 is 11.2 Å². The van der Waals surface area contributed by atoms with E-state index in [1.54, 1.807) is 6.92 Å². The van der Waals surface area contributed by atoms with Gasteiger partial charge in [-0.3, -0.25) is 0 Å². The van der Waals surface area contributed by atoms with Crippen molar-refractivity contribution in [3.8, 4) is 0 Å². The van der Waals surface area contributed by atoms with Crippen LogP contribution in [0.15, 0.2) is 30.3 Å². The fourth-order valence-corrected chi connectivity index (χ4v) is 3.44. The summed E-state index contributed by atoms with van der Waals surface area (Å²) in [6, 6.07) is 9.48. The summed E-state index contributed by atoms with van der Waals surface area (Å²) in [6.07, 6.45) is 0.578. The monoisotopic (exact) mass is 234 g/mol. The smallest absolute Gasteiger partial charge is 0.119 e. The second kappa shape index (κ2) is 3.55. The molecule has 0 aromatic heterocycles. The molecule has 4 atom stereocenters. The zero-order valence-electron chi connectivity index (χ0n) is 9.97. The first-order valence-electron chi connectivity index (χ1n) is 6.14. The molecule has 0 radical (unpaired) electrons. The predicted molar refractivity (Wildman–Crippen MR) is 63.4 cm³/mol. The summed E-state index contributed by atoms with van der Waals surface area (Å²) in [4.78, 5) is 0. The lowest BCUT2D eigenvalue weighted by atomic mass is 9.78. The second-order valence-corrected chi connectivity index (χ2v) is 5.48. The number of ether oxygens (including phenoxy) is 1. The van der Waals surface area contributed by atoms with Gasteiger partial charge >= 0.3 is 0 Å². The maximum Gasteiger partial charge on any atom is 0.119 e. The third-order valence-electron chi connectivity index (χ3n) is 4.57. The van der Waals surface area contributed by atoms with E-state index in [2.05, 4.69) is 0 Å². The van der Waals surface area contributed by atoms with Gasteiger partial charge in [0.05, 0.1) is 6.61 Å². The van der Waals surface area contributed by atoms with E-state index in [1.165, 1.54) is 0 Å². The van der Waals surface area contributed by atoms with E-state index in [1.807, 2.05) is 30.3 Å². The average Bonchev–Trinajstić information content (AvgIpc) is 2.84. The van der Waals surface area contributed by atoms with Crippen molar-refractivity contribution >= 4 is 0 Å². The molecule has 0 unspecified atom stereocenters. The molecule has 2 fully saturated rings. The zero-order valence-corrected chi connectivity index (χ0v) is 9.97. The molecular weight excluding hydrogens is 216 g/mol. The molecule has 1 saturated carbocycles. The number of aliphatic hydroxyl groups is 2. The normalized spacial score (nSPS) is 44.9. The van der Waals surface area contributed by atoms with Gasteiger partial charge in [0.25, 0.3) is 0 Å². The third kappa shape index (κ3) is 1.39. The molecule has 3 heteroatoms. The molecule has 0 amide bonds. The maximum atomic E-state index is 10.9. The van der Waals surface area contributed by atoms with Crippen molar-refractivity contribution in [1.29, 1.82) is 0 Å². The lowest BCUT2D eigenvalue weighted by Crippen LogP contribution is -2.49. The Morgan fingerprint density at radius 1 is 1.18 bits per heavy atom. The first kappa shape index (κ1) is 11.2. The van der Waals surface area contributed by atoms with Crippen LogP contribution in [0.2, 0.25) is 0 Å². The summed E-state index contributed by atoms with van der Waals surface area (Å²) >= 11 is 0. The fraction of sp³-hybridized carbons (Fsp3) is 0.571. The highest BCUT2D eigenvalue weighted by atomic mass is 16.5. The largest absolute Gasteiger partial charge is 0.386 e. The molecule has 1 aromatic carbocycles. The summed E-state index contributed by atoms with van der Waals surface area (Å²) in [5, 5.41) is 21.6. The molecule has 2 aliphatic rings. The summed E-state index contributed by atoms with van der Waals surface area (Å²) in [6.45, 7) is 2.93. The Labute approximate surface area is 101 Å². The Hall–Kier alpha value is -0.900. The minimum Gasteiger partial charge on any atom is -0.386 e. The SMILES string of the molecule is C[C@@]1(O)[C@@H]2COC[C@@H]2C[C@@]1(O)c1ccccc1. The van der Waals surface area contributed by atoms with Gasteiger partial charge in [-0.2, -0.15) is 0 Å². The second-order valence-electron chi connectivity index (χ2n) is 5.48. The van der Waals surface area contributed by atoms with Crippen LogP contribution >= 0.6 is 0 Å². The van der Waals surface area contributed by atoms with Crippen LogP contribution in [0, 0.1) is 11.8 Å². The van der Waals surface area contributed by atoms with E-state index >= 15 is 0 Å². The van der Waals surface area contributed by atoms with Crippen molar-refractivity contribution in [3.05, 3.63) is 35.9 Å². The molecule has 1 aromatic rings. The molecule has 92 valence electrons. The molecule has 0 bridgehead atoms. The van der Waals surface area contributed by atoms with Crippen LogP contribution in [0.4, 0.5) is 0 Å². The van der Waals surface area contributed by atoms with Gasteiger partial charge in [0.2, 0.25) is 0 Å². The van der Waals surface area contributed by atoms with Crippen molar-refractivity contribution in [2.75, 3.05) is 13.2 Å². The van der Waals surface area contributed by atoms with E-state index in [9.17, 15) is 10.2 Å². The molecular formula is C14H18O3. The Morgan fingerprint density at radius 3 is 2.53 bits per heavy atom. The van der Waals surface area contributed by atoms with Crippen LogP contribution in [0.3, 0.4) is 0 Å². The minimum atomic E-state index is -1.15. The van der Waals surface area contributed by atoms with E-state index in [-0.39, 0.29) is 11.8 Å². The van der Waals surface area contributed by atoms with Crippen molar-refractivity contribution in [1.82, 2.24) is 0 Å². The molecule has 0 spiro atoms. The first-order valence-corrected chi connectivity index (χ1v) is 6.14. The highest BCUT2D eigenvalue weighted by Gasteiger charge is 2.62. The number of hydrogen-bond donors (Lipinski definition) is 2. The van der Waals surface area contributed by atoms with Gasteiger partial charge in [-0.15, -0.1) is 0 Å². The van der Waals surface area contributed by atoms with E-state index in [4.69, 9.17) is 4.74 Å². The molecule has 3 nitrogen and oxygen atoms in total. The van der Waals surface area contributed by atoms with E-state index in [0.29, 0.717) is 19.6 Å². The number of benzene rings is 1. The Morgan fingerprint density at radius 2 is 1.88 bits per heavy atom. The van der Waals surface area contributed by atoms with Gasteiger partial charge in [-0.1, -0.05) is 30.3 Å². The van der Waals surface area contributed by atoms with Crippen LogP contribution < -0.4 is 0 Å². The van der Waals surface area contributed by atoms with Crippen molar-refractivity contribution in [2.24, 2.45) is 11.8 Å². The van der Waals surface area contributed by atoms with Crippen LogP contribution in [0.1, 0.15) is 18.9 Å². The Kier molecular flexibility index (Phi) is 2.34. The average molecular weight is 234 g/mol. The van der Waals surface area contributed by atoms with Crippen molar-refractivity contribution in [2.45, 2.75) is 24.5 Å². The molecule has 1 aliphatic carbocycles. The molecule has 1 aliphatic heterocycles. The number of hydrogen-bond acceptors (Lipinski definition) is 3. The van der Waals surface area contributed by atoms with Gasteiger partial charge in [0, 0.05) is 12.5 Å². The molecule has 1 heterocycles. The fourth-order valence-electron chi connectivity index (χ4n) is 3.44. The molecule has 17 heavy (non-hydrogen) atoms. The standard InChI is InChI=1S/C14H18O3/c1-13(15)12-9-17-8-10(12)7-14(13,16)11-5-3-2-4-6-11/h2-6,10,12,15-16H,7-9H2,1H3/t10-,12+,13+,14+/m0/s1. The van der Waals surface area contributed by atoms with Crippen molar-refractivity contribution in [3.63, 3.8) is 0 Å². The Bertz CT molecular complexity index is 415. The highest BCUT2D eigenvalue weighted by molar-refractivity contribution is 5.30.